The van der Waals surface area contributed by atoms with Gasteiger partial charge in [-0.15, -0.1) is 11.3 Å². The van der Waals surface area contributed by atoms with Gasteiger partial charge in [0.05, 0.1) is 12.2 Å². The number of halogens is 2. The number of rotatable bonds is 7. The Balaban J connectivity index is 1.96. The van der Waals surface area contributed by atoms with Crippen LogP contribution in [0.15, 0.2) is 30.5 Å². The van der Waals surface area contributed by atoms with Crippen LogP contribution in [0.1, 0.15) is 26.4 Å². The number of aliphatic hydroxyl groups is 2. The second-order valence-electron chi connectivity index (χ2n) is 6.20. The molecule has 3 aromatic rings. The van der Waals surface area contributed by atoms with Crippen molar-refractivity contribution in [1.29, 1.82) is 0 Å². The molecule has 3 rings (SSSR count). The summed E-state index contributed by atoms with van der Waals surface area (Å²) < 4.78 is 15.1. The van der Waals surface area contributed by atoms with E-state index < -0.39 is 18.6 Å². The molecule has 1 aromatic carbocycles. The molecule has 0 unspecified atom stereocenters. The number of amides is 1. The molecule has 0 aliphatic heterocycles. The molecule has 9 heteroatoms. The normalized spacial score (nSPS) is 12.3. The van der Waals surface area contributed by atoms with Crippen molar-refractivity contribution in [2.45, 2.75) is 19.4 Å². The summed E-state index contributed by atoms with van der Waals surface area (Å²) >= 11 is 3.38. The first-order chi connectivity index (χ1) is 13.4. The molecule has 3 N–H and O–H groups in total. The summed E-state index contributed by atoms with van der Waals surface area (Å²) in [4.78, 5) is 23.5. The number of pyridine rings is 1. The van der Waals surface area contributed by atoms with E-state index in [9.17, 15) is 14.3 Å². The molecule has 0 spiro atoms. The predicted octanol–water partition coefficient (Wildman–Crippen LogP) is 2.95. The van der Waals surface area contributed by atoms with Gasteiger partial charge >= 0.3 is 0 Å². The van der Waals surface area contributed by atoms with Crippen molar-refractivity contribution in [3.05, 3.63) is 61.4 Å². The zero-order valence-electron chi connectivity index (χ0n) is 14.9. The number of carbonyl (C=O) groups is 1. The Morgan fingerprint density at radius 3 is 2.93 bits per heavy atom. The Hall–Kier alpha value is -1.66. The van der Waals surface area contributed by atoms with Gasteiger partial charge in [-0.1, -0.05) is 6.07 Å². The summed E-state index contributed by atoms with van der Waals surface area (Å²) in [5.74, 6) is -0.837. The van der Waals surface area contributed by atoms with Gasteiger partial charge in [0, 0.05) is 26.5 Å². The number of aryl methyl sites for hydroxylation is 1. The zero-order valence-corrected chi connectivity index (χ0v) is 17.9. The van der Waals surface area contributed by atoms with E-state index in [1.54, 1.807) is 18.3 Å². The van der Waals surface area contributed by atoms with E-state index in [2.05, 4.69) is 10.5 Å². The third-order valence-corrected chi connectivity index (χ3v) is 5.89. The molecule has 0 fully saturated rings. The maximum atomic E-state index is 14.3. The van der Waals surface area contributed by atoms with Gasteiger partial charge in [0.1, 0.15) is 23.4 Å². The summed E-state index contributed by atoms with van der Waals surface area (Å²) in [6.45, 7) is 1.15. The average molecular weight is 516 g/mol. The minimum atomic E-state index is -1.09. The Kier molecular flexibility index (Phi) is 6.94. The molecule has 0 saturated carbocycles. The van der Waals surface area contributed by atoms with Crippen LogP contribution in [-0.2, 0) is 11.3 Å². The Morgan fingerprint density at radius 1 is 1.43 bits per heavy atom. The van der Waals surface area contributed by atoms with Gasteiger partial charge in [0.25, 0.3) is 5.91 Å². The van der Waals surface area contributed by atoms with Gasteiger partial charge in [0.2, 0.25) is 0 Å². The summed E-state index contributed by atoms with van der Waals surface area (Å²) in [7, 11) is 0. The van der Waals surface area contributed by atoms with E-state index in [0.717, 1.165) is 9.13 Å². The molecule has 6 nitrogen and oxygen atoms in total. The second-order valence-corrected chi connectivity index (χ2v) is 8.53. The van der Waals surface area contributed by atoms with Gasteiger partial charge in [-0.05, 0) is 58.8 Å². The van der Waals surface area contributed by atoms with Crippen molar-refractivity contribution in [1.82, 2.24) is 10.5 Å². The monoisotopic (exact) mass is 516 g/mol. The number of fused-ring (bicyclic) bond motifs is 1. The lowest BCUT2D eigenvalue weighted by Crippen LogP contribution is -2.30. The number of hydrogen-bond acceptors (Lipinski definition) is 6. The van der Waals surface area contributed by atoms with Crippen LogP contribution in [0.2, 0.25) is 0 Å². The lowest BCUT2D eigenvalue weighted by Gasteiger charge is -2.10. The predicted molar refractivity (Wildman–Crippen MR) is 113 cm³/mol. The average Bonchev–Trinajstić information content (AvgIpc) is 3.03. The van der Waals surface area contributed by atoms with Crippen molar-refractivity contribution in [3.63, 3.8) is 0 Å². The van der Waals surface area contributed by atoms with E-state index >= 15 is 0 Å². The second kappa shape index (κ2) is 9.23. The summed E-state index contributed by atoms with van der Waals surface area (Å²) in [6, 6.07) is 6.77. The SMILES string of the molecule is Cc1ccnc2sc(Cc3ccc(I)cc3F)c(C(=O)NOC[C@H](O)CO)c12. The molecule has 0 saturated heterocycles. The van der Waals surface area contributed by atoms with Crippen LogP contribution in [0.5, 0.6) is 0 Å². The first kappa shape index (κ1) is 21.1. The lowest BCUT2D eigenvalue weighted by molar-refractivity contribution is -0.0294. The van der Waals surface area contributed by atoms with E-state index in [4.69, 9.17) is 9.94 Å². The molecule has 0 aliphatic rings. The summed E-state index contributed by atoms with van der Waals surface area (Å²) in [5.41, 5.74) is 4.02. The van der Waals surface area contributed by atoms with Crippen molar-refractivity contribution < 1.29 is 24.2 Å². The molecule has 1 amide bonds. The van der Waals surface area contributed by atoms with E-state index in [0.29, 0.717) is 26.2 Å². The fraction of sp³-hybridized carbons (Fsp3) is 0.263. The maximum Gasteiger partial charge on any atom is 0.276 e. The van der Waals surface area contributed by atoms with Crippen LogP contribution in [0.25, 0.3) is 10.2 Å². The van der Waals surface area contributed by atoms with Crippen LogP contribution in [0, 0.1) is 16.3 Å². The lowest BCUT2D eigenvalue weighted by atomic mass is 10.0. The van der Waals surface area contributed by atoms with Crippen LogP contribution in [0.3, 0.4) is 0 Å². The molecule has 148 valence electrons. The third-order valence-electron chi connectivity index (χ3n) is 4.12. The number of thiophene rings is 1. The highest BCUT2D eigenvalue weighted by Crippen LogP contribution is 2.34. The third kappa shape index (κ3) is 4.66. The zero-order chi connectivity index (χ0) is 20.3. The Labute approximate surface area is 178 Å². The number of carbonyl (C=O) groups excluding carboxylic acids is 1. The first-order valence-electron chi connectivity index (χ1n) is 8.42. The molecule has 2 aromatic heterocycles. The van der Waals surface area contributed by atoms with E-state index in [1.165, 1.54) is 17.4 Å². The fourth-order valence-corrected chi connectivity index (χ4v) is 4.42. The van der Waals surface area contributed by atoms with Gasteiger partial charge in [-0.3, -0.25) is 9.63 Å². The Morgan fingerprint density at radius 2 is 2.21 bits per heavy atom. The standard InChI is InChI=1S/C19H18FIN2O4S/c1-10-4-5-22-19-16(10)17(18(26)23-27-9-13(25)8-24)15(28-19)6-11-2-3-12(21)7-14(11)20/h2-5,7,13,24-25H,6,8-9H2,1H3,(H,23,26)/t13-/m1/s1. The molecule has 1 atom stereocenters. The number of aromatic nitrogens is 1. The highest BCUT2D eigenvalue weighted by Gasteiger charge is 2.22. The quantitative estimate of drug-likeness (QED) is 0.332. The van der Waals surface area contributed by atoms with Gasteiger partial charge in [0.15, 0.2) is 0 Å². The minimum Gasteiger partial charge on any atom is -0.394 e. The molecular formula is C19H18FIN2O4S. The molecule has 0 aliphatic carbocycles. The van der Waals surface area contributed by atoms with E-state index in [1.807, 2.05) is 35.6 Å². The smallest absolute Gasteiger partial charge is 0.276 e. The highest BCUT2D eigenvalue weighted by molar-refractivity contribution is 14.1. The van der Waals surface area contributed by atoms with Crippen LogP contribution >= 0.6 is 33.9 Å². The fourth-order valence-electron chi connectivity index (χ4n) is 2.73. The van der Waals surface area contributed by atoms with Crippen molar-refractivity contribution in [3.8, 4) is 0 Å². The van der Waals surface area contributed by atoms with Crippen molar-refractivity contribution in [2.75, 3.05) is 13.2 Å². The number of hydroxylamine groups is 1. The molecule has 0 bridgehead atoms. The molecular weight excluding hydrogens is 498 g/mol. The number of nitrogens with one attached hydrogen (secondary N) is 1. The number of benzene rings is 1. The number of nitrogens with zero attached hydrogens (tertiary/aromatic N) is 1. The van der Waals surface area contributed by atoms with E-state index in [-0.39, 0.29) is 18.8 Å². The Bertz CT molecular complexity index is 1010. The molecule has 0 radical (unpaired) electrons. The highest BCUT2D eigenvalue weighted by atomic mass is 127. The largest absolute Gasteiger partial charge is 0.394 e. The number of aliphatic hydroxyl groups excluding tert-OH is 2. The molecule has 28 heavy (non-hydrogen) atoms. The van der Waals surface area contributed by atoms with Gasteiger partial charge in [-0.2, -0.15) is 0 Å². The van der Waals surface area contributed by atoms with Crippen LogP contribution in [0.4, 0.5) is 4.39 Å². The number of hydrogen-bond donors (Lipinski definition) is 3. The van der Waals surface area contributed by atoms with Gasteiger partial charge < -0.3 is 10.2 Å². The minimum absolute atomic E-state index is 0.241. The van der Waals surface area contributed by atoms with Crippen LogP contribution in [-0.4, -0.2) is 40.4 Å². The first-order valence-corrected chi connectivity index (χ1v) is 10.3. The summed E-state index contributed by atoms with van der Waals surface area (Å²) in [6.07, 6.45) is 0.813. The topological polar surface area (TPSA) is 91.7 Å². The van der Waals surface area contributed by atoms with Gasteiger partial charge in [-0.25, -0.2) is 14.9 Å². The van der Waals surface area contributed by atoms with Crippen LogP contribution < -0.4 is 5.48 Å². The molecule has 2 heterocycles. The summed E-state index contributed by atoms with van der Waals surface area (Å²) in [5, 5.41) is 18.9. The van der Waals surface area contributed by atoms with Crippen molar-refractivity contribution >= 4 is 50.1 Å². The maximum absolute atomic E-state index is 14.3. The van der Waals surface area contributed by atoms with Crippen molar-refractivity contribution in [2.24, 2.45) is 0 Å².